The Morgan fingerprint density at radius 1 is 1.25 bits per heavy atom. The number of nitrogens with two attached hydrogens (primary N) is 1. The molecular weight excluding hydrogens is 272 g/mol. The normalized spacial score (nSPS) is 12.8. The van der Waals surface area contributed by atoms with E-state index in [9.17, 15) is 0 Å². The number of thioether (sulfide) groups is 1. The molecule has 6 heteroatoms. The Morgan fingerprint density at radius 3 is 2.30 bits per heavy atom. The van der Waals surface area contributed by atoms with Gasteiger partial charge in [-0.15, -0.1) is 0 Å². The Balaban J connectivity index is 2.50. The van der Waals surface area contributed by atoms with Gasteiger partial charge in [0.15, 0.2) is 5.16 Å². The summed E-state index contributed by atoms with van der Waals surface area (Å²) in [7, 11) is 0. The van der Waals surface area contributed by atoms with E-state index in [2.05, 4.69) is 15.1 Å². The van der Waals surface area contributed by atoms with Crippen molar-refractivity contribution in [3.63, 3.8) is 0 Å². The van der Waals surface area contributed by atoms with Gasteiger partial charge in [-0.05, 0) is 39.2 Å². The van der Waals surface area contributed by atoms with Crippen LogP contribution in [-0.2, 0) is 0 Å². The van der Waals surface area contributed by atoms with Crippen LogP contribution in [0.2, 0.25) is 0 Å². The number of aryl methyl sites for hydroxylation is 2. The van der Waals surface area contributed by atoms with Gasteiger partial charge >= 0.3 is 0 Å². The molecule has 5 nitrogen and oxygen atoms in total. The molecule has 0 saturated heterocycles. The molecule has 0 saturated carbocycles. The summed E-state index contributed by atoms with van der Waals surface area (Å²) in [6.07, 6.45) is 1.82. The lowest BCUT2D eigenvalue weighted by atomic mass is 9.87. The molecule has 0 unspecified atom stereocenters. The van der Waals surface area contributed by atoms with Crippen molar-refractivity contribution in [3.05, 3.63) is 17.0 Å². The van der Waals surface area contributed by atoms with Gasteiger partial charge in [0, 0.05) is 22.6 Å². The van der Waals surface area contributed by atoms with Crippen LogP contribution >= 0.6 is 11.8 Å². The smallest absolute Gasteiger partial charge is 0.187 e. The summed E-state index contributed by atoms with van der Waals surface area (Å²) in [5.41, 5.74) is 8.62. The maximum Gasteiger partial charge on any atom is 0.187 e. The predicted octanol–water partition coefficient (Wildman–Crippen LogP) is 3.05. The van der Waals surface area contributed by atoms with E-state index in [-0.39, 0.29) is 11.3 Å². The van der Waals surface area contributed by atoms with E-state index in [1.165, 1.54) is 0 Å². The Labute approximate surface area is 125 Å². The molecule has 1 rings (SSSR count). The monoisotopic (exact) mass is 296 g/mol. The van der Waals surface area contributed by atoms with Gasteiger partial charge < -0.3 is 10.9 Å². The molecule has 0 aliphatic carbocycles. The lowest BCUT2D eigenvalue weighted by Gasteiger charge is -2.22. The quantitative estimate of drug-likeness (QED) is 0.160. The fourth-order valence-corrected chi connectivity index (χ4v) is 2.62. The van der Waals surface area contributed by atoms with E-state index in [1.54, 1.807) is 11.8 Å². The maximum absolute atomic E-state index is 8.73. The molecule has 0 atom stereocenters. The summed E-state index contributed by atoms with van der Waals surface area (Å²) in [5, 5.41) is 12.6. The van der Waals surface area contributed by atoms with Crippen LogP contribution in [0.25, 0.3) is 0 Å². The number of rotatable bonds is 6. The first-order valence-corrected chi connectivity index (χ1v) is 7.69. The van der Waals surface area contributed by atoms with Crippen LogP contribution in [0, 0.1) is 26.2 Å². The van der Waals surface area contributed by atoms with Gasteiger partial charge in [0.05, 0.1) is 0 Å². The third kappa shape index (κ3) is 4.37. The van der Waals surface area contributed by atoms with Gasteiger partial charge in [-0.25, -0.2) is 9.97 Å². The number of nitrogens with zero attached hydrogens (tertiary/aromatic N) is 3. The third-order valence-electron chi connectivity index (χ3n) is 3.59. The fraction of sp³-hybridized carbons (Fsp3) is 0.643. The summed E-state index contributed by atoms with van der Waals surface area (Å²) >= 11 is 1.65. The van der Waals surface area contributed by atoms with Gasteiger partial charge in [0.25, 0.3) is 0 Å². The van der Waals surface area contributed by atoms with E-state index in [0.717, 1.165) is 40.7 Å². The first-order valence-electron chi connectivity index (χ1n) is 6.70. The molecule has 1 heterocycles. The lowest BCUT2D eigenvalue weighted by molar-refractivity contribution is 0.305. The minimum absolute atomic E-state index is 0.278. The van der Waals surface area contributed by atoms with Crippen LogP contribution < -0.4 is 5.73 Å². The van der Waals surface area contributed by atoms with Crippen LogP contribution in [-0.4, -0.2) is 26.8 Å². The molecule has 0 aromatic carbocycles. The molecule has 20 heavy (non-hydrogen) atoms. The Hall–Kier alpha value is -1.30. The van der Waals surface area contributed by atoms with Crippen molar-refractivity contribution in [2.45, 2.75) is 52.6 Å². The number of hydrogen-bond acceptors (Lipinski definition) is 5. The highest BCUT2D eigenvalue weighted by Crippen LogP contribution is 2.25. The molecule has 1 aromatic rings. The van der Waals surface area contributed by atoms with Gasteiger partial charge in [-0.2, -0.15) is 0 Å². The van der Waals surface area contributed by atoms with Gasteiger partial charge in [0.1, 0.15) is 5.84 Å². The Morgan fingerprint density at radius 2 is 1.80 bits per heavy atom. The van der Waals surface area contributed by atoms with E-state index >= 15 is 0 Å². The maximum atomic E-state index is 8.73. The molecule has 1 aromatic heterocycles. The van der Waals surface area contributed by atoms with Crippen molar-refractivity contribution in [2.75, 3.05) is 5.75 Å². The van der Waals surface area contributed by atoms with Crippen LogP contribution in [0.5, 0.6) is 0 Å². The number of amidine groups is 1. The number of oxime groups is 1. The minimum Gasteiger partial charge on any atom is -0.409 e. The number of aromatic nitrogens is 2. The van der Waals surface area contributed by atoms with Gasteiger partial charge in [-0.3, -0.25) is 0 Å². The molecule has 0 aliphatic rings. The first kappa shape index (κ1) is 16.8. The van der Waals surface area contributed by atoms with Crippen molar-refractivity contribution in [3.8, 4) is 0 Å². The van der Waals surface area contributed by atoms with Crippen molar-refractivity contribution in [1.82, 2.24) is 9.97 Å². The molecular formula is C14H24N4OS. The second-order valence-corrected chi connectivity index (χ2v) is 6.69. The highest BCUT2D eigenvalue weighted by Gasteiger charge is 2.22. The second-order valence-electron chi connectivity index (χ2n) is 5.62. The van der Waals surface area contributed by atoms with Crippen molar-refractivity contribution < 1.29 is 5.21 Å². The number of hydrogen-bond donors (Lipinski definition) is 2. The highest BCUT2D eigenvalue weighted by atomic mass is 32.2. The van der Waals surface area contributed by atoms with E-state index in [0.29, 0.717) is 0 Å². The molecule has 0 amide bonds. The summed E-state index contributed by atoms with van der Waals surface area (Å²) in [5.74, 6) is 1.20. The van der Waals surface area contributed by atoms with Crippen LogP contribution in [0.1, 0.15) is 43.6 Å². The van der Waals surface area contributed by atoms with Gasteiger partial charge in [0.2, 0.25) is 0 Å². The van der Waals surface area contributed by atoms with E-state index in [4.69, 9.17) is 10.9 Å². The first-order chi connectivity index (χ1) is 9.27. The molecule has 0 spiro atoms. The van der Waals surface area contributed by atoms with Crippen LogP contribution in [0.4, 0.5) is 0 Å². The summed E-state index contributed by atoms with van der Waals surface area (Å²) in [6.45, 7) is 10.0. The Kier molecular flexibility index (Phi) is 5.80. The van der Waals surface area contributed by atoms with Crippen LogP contribution in [0.3, 0.4) is 0 Å². The standard InChI is InChI=1S/C14H24N4OS/c1-9-10(2)16-13(17-11(9)3)20-8-6-7-14(4,5)12(15)18-19/h19H,6-8H2,1-5H3,(H2,15,18). The molecule has 3 N–H and O–H groups in total. The van der Waals surface area contributed by atoms with Crippen LogP contribution in [0.15, 0.2) is 10.3 Å². The zero-order valence-corrected chi connectivity index (χ0v) is 13.7. The molecule has 0 radical (unpaired) electrons. The lowest BCUT2D eigenvalue weighted by Crippen LogP contribution is -2.31. The molecule has 112 valence electrons. The van der Waals surface area contributed by atoms with Crippen molar-refractivity contribution in [1.29, 1.82) is 0 Å². The topological polar surface area (TPSA) is 84.4 Å². The van der Waals surface area contributed by atoms with E-state index < -0.39 is 0 Å². The fourth-order valence-electron chi connectivity index (χ4n) is 1.75. The Bertz CT molecular complexity index is 477. The van der Waals surface area contributed by atoms with Crippen molar-refractivity contribution in [2.24, 2.45) is 16.3 Å². The van der Waals surface area contributed by atoms with Gasteiger partial charge in [-0.1, -0.05) is 30.8 Å². The average molecular weight is 296 g/mol. The highest BCUT2D eigenvalue weighted by molar-refractivity contribution is 7.99. The van der Waals surface area contributed by atoms with E-state index in [1.807, 2.05) is 34.6 Å². The van der Waals surface area contributed by atoms with Crippen molar-refractivity contribution >= 4 is 17.6 Å². The summed E-state index contributed by atoms with van der Waals surface area (Å²) in [4.78, 5) is 8.96. The summed E-state index contributed by atoms with van der Waals surface area (Å²) < 4.78 is 0. The SMILES string of the molecule is Cc1nc(SCCCC(C)(C)C(N)=NO)nc(C)c1C. The molecule has 0 fully saturated rings. The minimum atomic E-state index is -0.282. The molecule has 0 bridgehead atoms. The average Bonchev–Trinajstić information content (AvgIpc) is 2.39. The largest absolute Gasteiger partial charge is 0.409 e. The third-order valence-corrected chi connectivity index (χ3v) is 4.52. The summed E-state index contributed by atoms with van der Waals surface area (Å²) in [6, 6.07) is 0. The molecule has 0 aliphatic heterocycles. The predicted molar refractivity (Wildman–Crippen MR) is 83.4 cm³/mol. The zero-order valence-electron chi connectivity index (χ0n) is 12.9. The zero-order chi connectivity index (χ0) is 15.3. The second kappa shape index (κ2) is 6.92.